The first kappa shape index (κ1) is 18.3. The Morgan fingerprint density at radius 1 is 1.21 bits per heavy atom. The molecule has 0 aliphatic carbocycles. The molecule has 6 heteroatoms. The Labute approximate surface area is 143 Å². The van der Waals surface area contributed by atoms with Crippen molar-refractivity contribution >= 4 is 17.6 Å². The number of benzene rings is 1. The molecule has 1 aromatic rings. The zero-order chi connectivity index (χ0) is 17.7. The lowest BCUT2D eigenvalue weighted by Gasteiger charge is -2.34. The van der Waals surface area contributed by atoms with E-state index in [1.54, 1.807) is 24.3 Å². The molecule has 4 N–H and O–H groups in total. The van der Waals surface area contributed by atoms with Crippen molar-refractivity contribution in [2.75, 3.05) is 18.4 Å². The van der Waals surface area contributed by atoms with Gasteiger partial charge in [-0.1, -0.05) is 0 Å². The van der Waals surface area contributed by atoms with Crippen LogP contribution in [-0.2, 0) is 0 Å². The molecule has 2 atom stereocenters. The Hall–Kier alpha value is -2.08. The summed E-state index contributed by atoms with van der Waals surface area (Å²) in [5, 5.41) is 5.51. The molecule has 1 aromatic carbocycles. The molecular weight excluding hydrogens is 304 g/mol. The molecule has 132 valence electrons. The van der Waals surface area contributed by atoms with E-state index in [2.05, 4.69) is 10.6 Å². The molecule has 1 aliphatic heterocycles. The van der Waals surface area contributed by atoms with Gasteiger partial charge >= 0.3 is 6.03 Å². The van der Waals surface area contributed by atoms with Crippen molar-refractivity contribution in [3.8, 4) is 0 Å². The number of urea groups is 1. The van der Waals surface area contributed by atoms with E-state index in [-0.39, 0.29) is 24.0 Å². The average Bonchev–Trinajstić information content (AvgIpc) is 2.54. The zero-order valence-electron chi connectivity index (χ0n) is 14.7. The van der Waals surface area contributed by atoms with Gasteiger partial charge in [-0.3, -0.25) is 4.79 Å². The average molecular weight is 332 g/mol. The van der Waals surface area contributed by atoms with Gasteiger partial charge in [0, 0.05) is 36.4 Å². The van der Waals surface area contributed by atoms with Crippen molar-refractivity contribution in [3.63, 3.8) is 0 Å². The van der Waals surface area contributed by atoms with Crippen molar-refractivity contribution in [3.05, 3.63) is 29.8 Å². The minimum Gasteiger partial charge on any atom is -0.338 e. The summed E-state index contributed by atoms with van der Waals surface area (Å²) < 4.78 is 0. The van der Waals surface area contributed by atoms with Crippen molar-refractivity contribution < 1.29 is 9.59 Å². The predicted octanol–water partition coefficient (Wildman–Crippen LogP) is 2.42. The maximum atomic E-state index is 12.6. The van der Waals surface area contributed by atoms with E-state index in [1.807, 2.05) is 25.7 Å². The van der Waals surface area contributed by atoms with E-state index >= 15 is 0 Å². The number of rotatable bonds is 4. The number of piperidine rings is 1. The highest BCUT2D eigenvalue weighted by molar-refractivity contribution is 5.95. The van der Waals surface area contributed by atoms with Gasteiger partial charge in [-0.05, 0) is 63.8 Å². The van der Waals surface area contributed by atoms with Crippen LogP contribution in [0.2, 0.25) is 0 Å². The van der Waals surface area contributed by atoms with Crippen molar-refractivity contribution in [1.29, 1.82) is 0 Å². The van der Waals surface area contributed by atoms with E-state index in [1.165, 1.54) is 0 Å². The van der Waals surface area contributed by atoms with Crippen molar-refractivity contribution in [2.24, 2.45) is 11.7 Å². The molecular formula is C18H28N4O2. The molecule has 0 radical (unpaired) electrons. The third-order valence-corrected chi connectivity index (χ3v) is 4.30. The number of likely N-dealkylation sites (tertiary alicyclic amines) is 1. The van der Waals surface area contributed by atoms with Gasteiger partial charge in [0.15, 0.2) is 0 Å². The van der Waals surface area contributed by atoms with Crippen molar-refractivity contribution in [1.82, 2.24) is 10.2 Å². The van der Waals surface area contributed by atoms with Crippen LogP contribution < -0.4 is 16.4 Å². The van der Waals surface area contributed by atoms with Gasteiger partial charge in [0.1, 0.15) is 0 Å². The molecule has 0 aromatic heterocycles. The molecule has 0 saturated carbocycles. The van der Waals surface area contributed by atoms with Crippen molar-refractivity contribution in [2.45, 2.75) is 45.7 Å². The summed E-state index contributed by atoms with van der Waals surface area (Å²) in [6, 6.07) is 6.93. The number of hydrogen-bond donors (Lipinski definition) is 3. The van der Waals surface area contributed by atoms with Crippen LogP contribution in [0.25, 0.3) is 0 Å². The molecule has 0 bridgehead atoms. The number of hydrogen-bond acceptors (Lipinski definition) is 3. The highest BCUT2D eigenvalue weighted by Gasteiger charge is 2.26. The molecule has 2 rings (SSSR count). The van der Waals surface area contributed by atoms with Crippen LogP contribution in [0.15, 0.2) is 24.3 Å². The minimum atomic E-state index is -0.250. The predicted molar refractivity (Wildman–Crippen MR) is 96.0 cm³/mol. The number of nitrogens with one attached hydrogen (secondary N) is 2. The lowest BCUT2D eigenvalue weighted by atomic mass is 9.92. The second-order valence-corrected chi connectivity index (χ2v) is 6.84. The summed E-state index contributed by atoms with van der Waals surface area (Å²) >= 11 is 0. The van der Waals surface area contributed by atoms with Gasteiger partial charge in [-0.2, -0.15) is 0 Å². The smallest absolute Gasteiger partial charge is 0.319 e. The van der Waals surface area contributed by atoms with Gasteiger partial charge < -0.3 is 21.3 Å². The van der Waals surface area contributed by atoms with Crippen LogP contribution in [0.4, 0.5) is 10.5 Å². The summed E-state index contributed by atoms with van der Waals surface area (Å²) in [6.45, 7) is 7.29. The van der Waals surface area contributed by atoms with E-state index in [0.29, 0.717) is 23.7 Å². The maximum Gasteiger partial charge on any atom is 0.319 e. The Balaban J connectivity index is 1.97. The molecule has 3 amide bonds. The molecule has 1 aliphatic rings. The lowest BCUT2D eigenvalue weighted by molar-refractivity contribution is 0.0661. The van der Waals surface area contributed by atoms with Crippen LogP contribution >= 0.6 is 0 Å². The van der Waals surface area contributed by atoms with Gasteiger partial charge in [0.2, 0.25) is 0 Å². The molecule has 1 saturated heterocycles. The topological polar surface area (TPSA) is 87.5 Å². The van der Waals surface area contributed by atoms with Crippen LogP contribution in [0.1, 0.15) is 44.0 Å². The zero-order valence-corrected chi connectivity index (χ0v) is 14.7. The summed E-state index contributed by atoms with van der Waals surface area (Å²) in [7, 11) is 0. The van der Waals surface area contributed by atoms with Gasteiger partial charge in [-0.15, -0.1) is 0 Å². The highest BCUT2D eigenvalue weighted by atomic mass is 16.2. The first-order valence-corrected chi connectivity index (χ1v) is 8.59. The van der Waals surface area contributed by atoms with Crippen LogP contribution in [-0.4, -0.2) is 42.0 Å². The first-order valence-electron chi connectivity index (χ1n) is 8.59. The minimum absolute atomic E-state index is 0.0264. The monoisotopic (exact) mass is 332 g/mol. The number of amides is 3. The normalized spacial score (nSPS) is 19.0. The van der Waals surface area contributed by atoms with Crippen LogP contribution in [0.3, 0.4) is 0 Å². The van der Waals surface area contributed by atoms with Crippen LogP contribution in [0, 0.1) is 5.92 Å². The second-order valence-electron chi connectivity index (χ2n) is 6.84. The van der Waals surface area contributed by atoms with E-state index in [0.717, 1.165) is 19.4 Å². The Kier molecular flexibility index (Phi) is 6.20. The number of carbonyl (C=O) groups excluding carboxylic acids is 2. The fourth-order valence-electron chi connectivity index (χ4n) is 2.93. The molecule has 1 fully saturated rings. The number of carbonyl (C=O) groups is 2. The Bertz CT molecular complexity index is 569. The number of anilines is 1. The van der Waals surface area contributed by atoms with Crippen LogP contribution in [0.5, 0.6) is 0 Å². The van der Waals surface area contributed by atoms with Gasteiger partial charge in [0.25, 0.3) is 5.91 Å². The molecule has 2 unspecified atom stereocenters. The largest absolute Gasteiger partial charge is 0.338 e. The van der Waals surface area contributed by atoms with E-state index < -0.39 is 0 Å². The fraction of sp³-hybridized carbons (Fsp3) is 0.556. The number of nitrogens with two attached hydrogens (primary N) is 1. The third-order valence-electron chi connectivity index (χ3n) is 4.30. The van der Waals surface area contributed by atoms with E-state index in [9.17, 15) is 9.59 Å². The number of nitrogens with zero attached hydrogens (tertiary/aromatic N) is 1. The third kappa shape index (κ3) is 4.96. The van der Waals surface area contributed by atoms with Gasteiger partial charge in [0.05, 0.1) is 0 Å². The molecule has 0 spiro atoms. The molecule has 1 heterocycles. The fourth-order valence-corrected chi connectivity index (χ4v) is 2.93. The second kappa shape index (κ2) is 8.15. The highest BCUT2D eigenvalue weighted by Crippen LogP contribution is 2.21. The summed E-state index contributed by atoms with van der Waals surface area (Å²) in [5.41, 5.74) is 7.28. The Morgan fingerprint density at radius 2 is 1.88 bits per heavy atom. The van der Waals surface area contributed by atoms with Gasteiger partial charge in [-0.25, -0.2) is 4.79 Å². The summed E-state index contributed by atoms with van der Waals surface area (Å²) in [4.78, 5) is 26.2. The summed E-state index contributed by atoms with van der Waals surface area (Å²) in [5.74, 6) is 0.391. The quantitative estimate of drug-likeness (QED) is 0.791. The maximum absolute atomic E-state index is 12.6. The lowest BCUT2D eigenvalue weighted by Crippen LogP contribution is -2.45. The summed E-state index contributed by atoms with van der Waals surface area (Å²) in [6.07, 6.45) is 2.07. The Morgan fingerprint density at radius 3 is 2.46 bits per heavy atom. The molecule has 6 nitrogen and oxygen atoms in total. The SMILES string of the molecule is CC(C)NC(=O)Nc1ccc(C(=O)N2CCCC(C(C)N)C2)cc1. The van der Waals surface area contributed by atoms with E-state index in [4.69, 9.17) is 5.73 Å². The molecule has 24 heavy (non-hydrogen) atoms. The first-order chi connectivity index (χ1) is 11.4. The standard InChI is InChI=1S/C18H28N4O2/c1-12(2)20-18(24)21-16-8-6-14(7-9-16)17(23)22-10-4-5-15(11-22)13(3)19/h6-9,12-13,15H,4-5,10-11,19H2,1-3H3,(H2,20,21,24).